The second-order valence-electron chi connectivity index (χ2n) is 5.58. The van der Waals surface area contributed by atoms with Gasteiger partial charge in [-0.05, 0) is 42.5 Å². The smallest absolute Gasteiger partial charge is 0.310 e. The summed E-state index contributed by atoms with van der Waals surface area (Å²) in [5.41, 5.74) is -0.259. The molecule has 158 valence electrons. The Morgan fingerprint density at radius 2 is 1.62 bits per heavy atom. The number of nitrogens with zero attached hydrogens (tertiary/aromatic N) is 1. The van der Waals surface area contributed by atoms with Crippen molar-refractivity contribution in [3.05, 3.63) is 71.0 Å². The number of aromatic nitrogens is 2. The molecule has 3 rings (SSSR count). The quantitative estimate of drug-likeness (QED) is 0.432. The fourth-order valence-corrected chi connectivity index (χ4v) is 2.93. The number of anilines is 2. The maximum atomic E-state index is 13.5. The normalized spacial score (nSPS) is 13.5. The first kappa shape index (κ1) is 22.3. The van der Waals surface area contributed by atoms with Gasteiger partial charge in [0, 0.05) is 29.2 Å². The highest BCUT2D eigenvalue weighted by Gasteiger charge is 2.65. The fraction of sp³-hybridized carbons (Fsp3) is 0.111. The van der Waals surface area contributed by atoms with Gasteiger partial charge in [0.1, 0.15) is 10.7 Å². The molecule has 0 saturated heterocycles. The second kappa shape index (κ2) is 7.14. The van der Waals surface area contributed by atoms with Gasteiger partial charge in [0.25, 0.3) is 5.56 Å². The molecule has 1 aromatic carbocycles. The maximum Gasteiger partial charge on any atom is 0.310 e. The lowest BCUT2D eigenvalue weighted by atomic mass is 10.1. The minimum Gasteiger partial charge on any atom is -0.340 e. The van der Waals surface area contributed by atoms with Crippen LogP contribution in [-0.2, 0) is 0 Å². The summed E-state index contributed by atoms with van der Waals surface area (Å²) >= 11 is 0. The van der Waals surface area contributed by atoms with Crippen molar-refractivity contribution in [1.82, 2.24) is 9.97 Å². The molecule has 4 nitrogen and oxygen atoms in total. The first-order chi connectivity index (χ1) is 13.3. The van der Waals surface area contributed by atoms with E-state index in [1.165, 1.54) is 24.5 Å². The van der Waals surface area contributed by atoms with Gasteiger partial charge < -0.3 is 10.3 Å². The lowest BCUT2D eigenvalue weighted by Crippen LogP contribution is -2.09. The molecule has 0 spiro atoms. The summed E-state index contributed by atoms with van der Waals surface area (Å²) in [6, 6.07) is 6.24. The van der Waals surface area contributed by atoms with E-state index in [0.29, 0.717) is 5.56 Å². The Hall–Kier alpha value is -2.95. The number of aromatic amines is 1. The molecule has 0 bridgehead atoms. The Labute approximate surface area is 162 Å². The van der Waals surface area contributed by atoms with Crippen LogP contribution >= 0.6 is 10.2 Å². The molecule has 29 heavy (non-hydrogen) atoms. The van der Waals surface area contributed by atoms with Gasteiger partial charge in [-0.1, -0.05) is 33.3 Å². The third kappa shape index (κ3) is 5.53. The summed E-state index contributed by atoms with van der Waals surface area (Å²) < 4.78 is 77.3. The van der Waals surface area contributed by atoms with Crippen molar-refractivity contribution in [1.29, 1.82) is 0 Å². The third-order valence-electron chi connectivity index (χ3n) is 3.54. The van der Waals surface area contributed by atoms with Gasteiger partial charge in [0.05, 0.1) is 0 Å². The van der Waals surface area contributed by atoms with E-state index in [1.807, 2.05) is 13.8 Å². The zero-order chi connectivity index (χ0) is 21.9. The Bertz CT molecular complexity index is 1070. The van der Waals surface area contributed by atoms with Crippen LogP contribution in [0.1, 0.15) is 13.8 Å². The Morgan fingerprint density at radius 1 is 1.00 bits per heavy atom. The second-order valence-corrected chi connectivity index (χ2v) is 7.99. The zero-order valence-corrected chi connectivity index (χ0v) is 16.0. The summed E-state index contributed by atoms with van der Waals surface area (Å²) in [4.78, 5) is 15.3. The molecular weight excluding hydrogens is 420 g/mol. The SMILES string of the molecule is CC.O=c1[nH]cc(-c2cccnc2Nc2ccc(S(F)(F)(F)(F)F)cc2)cc1F. The molecule has 11 heteroatoms. The van der Waals surface area contributed by atoms with E-state index in [9.17, 15) is 28.6 Å². The van der Waals surface area contributed by atoms with Gasteiger partial charge in [0.2, 0.25) is 0 Å². The van der Waals surface area contributed by atoms with Crippen molar-refractivity contribution in [2.24, 2.45) is 0 Å². The number of nitrogens with one attached hydrogen (secondary N) is 2. The lowest BCUT2D eigenvalue weighted by Gasteiger charge is -2.40. The van der Waals surface area contributed by atoms with Crippen LogP contribution < -0.4 is 10.9 Å². The molecule has 2 aromatic heterocycles. The van der Waals surface area contributed by atoms with E-state index < -0.39 is 26.5 Å². The van der Waals surface area contributed by atoms with E-state index in [1.54, 1.807) is 0 Å². The Balaban J connectivity index is 0.00000145. The van der Waals surface area contributed by atoms with Gasteiger partial charge in [-0.15, -0.1) is 0 Å². The molecule has 0 radical (unpaired) electrons. The summed E-state index contributed by atoms with van der Waals surface area (Å²) in [5, 5.41) is 2.68. The molecule has 0 fully saturated rings. The van der Waals surface area contributed by atoms with Gasteiger partial charge >= 0.3 is 10.2 Å². The number of hydrogen-bond acceptors (Lipinski definition) is 3. The summed E-state index contributed by atoms with van der Waals surface area (Å²) in [6.07, 6.45) is 2.61. The Kier molecular flexibility index (Phi) is 5.50. The number of hydrogen-bond donors (Lipinski definition) is 2. The van der Waals surface area contributed by atoms with Gasteiger partial charge in [-0.3, -0.25) is 4.79 Å². The molecule has 0 unspecified atom stereocenters. The highest BCUT2D eigenvalue weighted by molar-refractivity contribution is 8.45. The number of benzene rings is 1. The fourth-order valence-electron chi connectivity index (χ4n) is 2.28. The summed E-state index contributed by atoms with van der Waals surface area (Å²) in [7, 11) is -9.75. The first-order valence-corrected chi connectivity index (χ1v) is 10.2. The standard InChI is InChI=1S/C16H11F6N3OS.C2H6/c17-14-8-10(9-24-16(14)26)13-2-1-7-23-15(13)25-11-3-5-12(6-4-11)27(18,19,20,21)22;1-2/h1-9H,(H,23,25)(H,24,26);1-2H3. The van der Waals surface area contributed by atoms with Crippen molar-refractivity contribution in [2.45, 2.75) is 18.7 Å². The Morgan fingerprint density at radius 3 is 2.17 bits per heavy atom. The summed E-state index contributed by atoms with van der Waals surface area (Å²) in [6.45, 7) is 4.00. The van der Waals surface area contributed by atoms with Crippen LogP contribution in [0.5, 0.6) is 0 Å². The van der Waals surface area contributed by atoms with Crippen molar-refractivity contribution in [3.63, 3.8) is 0 Å². The number of rotatable bonds is 4. The predicted octanol–water partition coefficient (Wildman–Crippen LogP) is 7.00. The van der Waals surface area contributed by atoms with E-state index in [-0.39, 0.29) is 29.2 Å². The third-order valence-corrected chi connectivity index (χ3v) is 4.70. The van der Waals surface area contributed by atoms with E-state index in [2.05, 4.69) is 15.3 Å². The monoisotopic (exact) mass is 437 g/mol. The highest BCUT2D eigenvalue weighted by atomic mass is 32.5. The number of pyridine rings is 2. The van der Waals surface area contributed by atoms with Crippen molar-refractivity contribution in [3.8, 4) is 11.1 Å². The predicted molar refractivity (Wildman–Crippen MR) is 103 cm³/mol. The molecule has 0 aliphatic heterocycles. The molecule has 0 atom stereocenters. The maximum absolute atomic E-state index is 13.5. The van der Waals surface area contributed by atoms with Gasteiger partial charge in [0.15, 0.2) is 5.82 Å². The largest absolute Gasteiger partial charge is 0.340 e. The molecule has 2 heterocycles. The van der Waals surface area contributed by atoms with Crippen molar-refractivity contribution < 1.29 is 23.8 Å². The average Bonchev–Trinajstić information content (AvgIpc) is 2.65. The van der Waals surface area contributed by atoms with Crippen LogP contribution in [0, 0.1) is 5.82 Å². The van der Waals surface area contributed by atoms with E-state index in [4.69, 9.17) is 0 Å². The molecular formula is C18H17F6N3OS. The molecule has 0 amide bonds. The molecule has 0 aliphatic rings. The first-order valence-electron chi connectivity index (χ1n) is 8.28. The lowest BCUT2D eigenvalue weighted by molar-refractivity contribution is 0.364. The zero-order valence-electron chi connectivity index (χ0n) is 15.2. The molecule has 2 N–H and O–H groups in total. The molecule has 0 aliphatic carbocycles. The number of halogens is 6. The van der Waals surface area contributed by atoms with E-state index in [0.717, 1.165) is 18.2 Å². The van der Waals surface area contributed by atoms with Crippen molar-refractivity contribution in [2.75, 3.05) is 5.32 Å². The van der Waals surface area contributed by atoms with Crippen molar-refractivity contribution >= 4 is 21.7 Å². The van der Waals surface area contributed by atoms with Crippen LogP contribution in [0.2, 0.25) is 0 Å². The minimum atomic E-state index is -9.75. The summed E-state index contributed by atoms with van der Waals surface area (Å²) in [5.74, 6) is -0.897. The number of H-pyrrole nitrogens is 1. The molecule has 0 saturated carbocycles. The van der Waals surface area contributed by atoms with Crippen LogP contribution in [-0.4, -0.2) is 9.97 Å². The average molecular weight is 437 g/mol. The van der Waals surface area contributed by atoms with Crippen LogP contribution in [0.15, 0.2) is 64.5 Å². The topological polar surface area (TPSA) is 57.8 Å². The van der Waals surface area contributed by atoms with Gasteiger partial charge in [-0.25, -0.2) is 9.37 Å². The van der Waals surface area contributed by atoms with Crippen LogP contribution in [0.3, 0.4) is 0 Å². The van der Waals surface area contributed by atoms with Gasteiger partial charge in [-0.2, -0.15) is 0 Å². The highest BCUT2D eigenvalue weighted by Crippen LogP contribution is 3.02. The van der Waals surface area contributed by atoms with Crippen LogP contribution in [0.4, 0.5) is 35.3 Å². The molecule has 3 aromatic rings. The van der Waals surface area contributed by atoms with Crippen LogP contribution in [0.25, 0.3) is 11.1 Å². The van der Waals surface area contributed by atoms with E-state index >= 15 is 0 Å². The minimum absolute atomic E-state index is 0.0606.